The molecular weight excluding hydrogens is 392 g/mol. The van der Waals surface area contributed by atoms with Gasteiger partial charge in [0.1, 0.15) is 0 Å². The molecule has 0 bridgehead atoms. The van der Waals surface area contributed by atoms with E-state index in [0.717, 1.165) is 57.3 Å². The lowest BCUT2D eigenvalue weighted by Crippen LogP contribution is -2.49. The van der Waals surface area contributed by atoms with Crippen LogP contribution in [0.25, 0.3) is 0 Å². The van der Waals surface area contributed by atoms with Crippen molar-refractivity contribution in [1.82, 2.24) is 20.1 Å². The Morgan fingerprint density at radius 3 is 2.06 bits per heavy atom. The molecule has 2 saturated heterocycles. The number of benzene rings is 1. The van der Waals surface area contributed by atoms with Crippen molar-refractivity contribution in [3.8, 4) is 0 Å². The summed E-state index contributed by atoms with van der Waals surface area (Å²) in [5.74, 6) is 0.974. The van der Waals surface area contributed by atoms with Crippen LogP contribution >= 0.6 is 0 Å². The van der Waals surface area contributed by atoms with E-state index in [-0.39, 0.29) is 11.8 Å². The highest BCUT2D eigenvalue weighted by atomic mass is 16.2. The summed E-state index contributed by atoms with van der Waals surface area (Å²) in [5, 5.41) is 6.60. The average Bonchev–Trinajstić information content (AvgIpc) is 2.84. The molecule has 0 radical (unpaired) electrons. The van der Waals surface area contributed by atoms with Crippen LogP contribution in [-0.2, 0) is 0 Å². The van der Waals surface area contributed by atoms with Crippen LogP contribution < -0.4 is 15.5 Å². The number of piperazine rings is 2. The molecule has 1 aromatic heterocycles. The predicted molar refractivity (Wildman–Crippen MR) is 122 cm³/mol. The van der Waals surface area contributed by atoms with Crippen molar-refractivity contribution in [2.75, 3.05) is 69.1 Å². The number of nitrogens with zero attached hydrogens (tertiary/aromatic N) is 4. The van der Waals surface area contributed by atoms with Gasteiger partial charge in [-0.3, -0.25) is 9.59 Å². The predicted octanol–water partition coefficient (Wildman–Crippen LogP) is 1.52. The molecule has 1 aromatic carbocycles. The first-order valence-corrected chi connectivity index (χ1v) is 11.0. The molecule has 2 aliphatic heterocycles. The zero-order valence-electron chi connectivity index (χ0n) is 18.0. The monoisotopic (exact) mass is 422 g/mol. The summed E-state index contributed by atoms with van der Waals surface area (Å²) < 4.78 is 0. The minimum Gasteiger partial charge on any atom is -0.382 e. The molecule has 2 aromatic rings. The van der Waals surface area contributed by atoms with Crippen molar-refractivity contribution in [2.45, 2.75) is 6.92 Å². The summed E-state index contributed by atoms with van der Waals surface area (Å²) in [6.07, 6.45) is 1.80. The van der Waals surface area contributed by atoms with Gasteiger partial charge in [0.15, 0.2) is 5.82 Å². The highest BCUT2D eigenvalue weighted by Gasteiger charge is 2.24. The summed E-state index contributed by atoms with van der Waals surface area (Å²) in [6, 6.07) is 11.0. The van der Waals surface area contributed by atoms with Crippen LogP contribution in [0.5, 0.6) is 0 Å². The van der Waals surface area contributed by atoms with Crippen LogP contribution in [0.1, 0.15) is 27.6 Å². The summed E-state index contributed by atoms with van der Waals surface area (Å²) in [6.45, 7) is 8.74. The van der Waals surface area contributed by atoms with Gasteiger partial charge in [-0.2, -0.15) is 0 Å². The minimum absolute atomic E-state index is 0.00810. The molecule has 0 unspecified atom stereocenters. The van der Waals surface area contributed by atoms with E-state index in [9.17, 15) is 9.59 Å². The lowest BCUT2D eigenvalue weighted by molar-refractivity contribution is 0.0728. The molecule has 0 aliphatic carbocycles. The molecule has 2 amide bonds. The summed E-state index contributed by atoms with van der Waals surface area (Å²) in [5.41, 5.74) is 2.28. The van der Waals surface area contributed by atoms with Crippen LogP contribution in [0.3, 0.4) is 0 Å². The van der Waals surface area contributed by atoms with Gasteiger partial charge < -0.3 is 25.3 Å². The van der Waals surface area contributed by atoms with Crippen molar-refractivity contribution < 1.29 is 9.59 Å². The first-order valence-electron chi connectivity index (χ1n) is 11.0. The van der Waals surface area contributed by atoms with E-state index in [0.29, 0.717) is 24.2 Å². The Balaban J connectivity index is 1.36. The SMILES string of the molecule is CCNc1cccnc1N1CCN(C(=O)c2ccc(C(=O)N3CCNCC3)cc2)CC1. The molecule has 164 valence electrons. The summed E-state index contributed by atoms with van der Waals surface area (Å²) in [4.78, 5) is 36.1. The summed E-state index contributed by atoms with van der Waals surface area (Å²) in [7, 11) is 0. The molecule has 2 fully saturated rings. The van der Waals surface area contributed by atoms with Crippen molar-refractivity contribution in [1.29, 1.82) is 0 Å². The van der Waals surface area contributed by atoms with Crippen LogP contribution in [0, 0.1) is 0 Å². The van der Waals surface area contributed by atoms with Gasteiger partial charge in [0.25, 0.3) is 11.8 Å². The van der Waals surface area contributed by atoms with Crippen molar-refractivity contribution in [3.05, 3.63) is 53.7 Å². The number of hydrogen-bond acceptors (Lipinski definition) is 6. The largest absolute Gasteiger partial charge is 0.382 e. The topological polar surface area (TPSA) is 80.8 Å². The van der Waals surface area contributed by atoms with E-state index in [2.05, 4.69) is 27.4 Å². The molecule has 2 N–H and O–H groups in total. The van der Waals surface area contributed by atoms with Gasteiger partial charge in [0.2, 0.25) is 0 Å². The molecule has 3 heterocycles. The molecular formula is C23H30N6O2. The smallest absolute Gasteiger partial charge is 0.253 e. The number of aromatic nitrogens is 1. The maximum atomic E-state index is 13.0. The fraction of sp³-hybridized carbons (Fsp3) is 0.435. The summed E-state index contributed by atoms with van der Waals surface area (Å²) >= 11 is 0. The van der Waals surface area contributed by atoms with Crippen LogP contribution in [0.2, 0.25) is 0 Å². The molecule has 4 rings (SSSR count). The number of amides is 2. The van der Waals surface area contributed by atoms with Crippen molar-refractivity contribution in [3.63, 3.8) is 0 Å². The number of rotatable bonds is 5. The molecule has 8 nitrogen and oxygen atoms in total. The van der Waals surface area contributed by atoms with Gasteiger partial charge in [-0.1, -0.05) is 0 Å². The van der Waals surface area contributed by atoms with E-state index in [1.54, 1.807) is 30.5 Å². The Kier molecular flexibility index (Phi) is 6.66. The van der Waals surface area contributed by atoms with Gasteiger partial charge >= 0.3 is 0 Å². The Morgan fingerprint density at radius 2 is 1.48 bits per heavy atom. The highest BCUT2D eigenvalue weighted by molar-refractivity contribution is 5.98. The van der Waals surface area contributed by atoms with Gasteiger partial charge in [0.05, 0.1) is 5.69 Å². The number of carbonyl (C=O) groups excluding carboxylic acids is 2. The van der Waals surface area contributed by atoms with Crippen molar-refractivity contribution in [2.24, 2.45) is 0 Å². The van der Waals surface area contributed by atoms with Crippen molar-refractivity contribution >= 4 is 23.3 Å². The third-order valence-electron chi connectivity index (χ3n) is 5.80. The fourth-order valence-electron chi connectivity index (χ4n) is 4.09. The van der Waals surface area contributed by atoms with Gasteiger partial charge in [-0.05, 0) is 43.3 Å². The van der Waals surface area contributed by atoms with E-state index >= 15 is 0 Å². The Bertz CT molecular complexity index is 903. The Morgan fingerprint density at radius 1 is 0.903 bits per heavy atom. The molecule has 0 saturated carbocycles. The third-order valence-corrected chi connectivity index (χ3v) is 5.80. The van der Waals surface area contributed by atoms with Crippen LogP contribution in [-0.4, -0.2) is 85.5 Å². The van der Waals surface area contributed by atoms with E-state index < -0.39 is 0 Å². The van der Waals surface area contributed by atoms with Crippen LogP contribution in [0.4, 0.5) is 11.5 Å². The second-order valence-corrected chi connectivity index (χ2v) is 7.80. The Labute approximate surface area is 183 Å². The molecule has 0 atom stereocenters. The Hall–Kier alpha value is -3.13. The number of carbonyl (C=O) groups is 2. The number of hydrogen-bond donors (Lipinski definition) is 2. The third kappa shape index (κ3) is 4.80. The number of pyridine rings is 1. The van der Waals surface area contributed by atoms with E-state index in [4.69, 9.17) is 0 Å². The van der Waals surface area contributed by atoms with Crippen LogP contribution in [0.15, 0.2) is 42.6 Å². The van der Waals surface area contributed by atoms with Gasteiger partial charge in [-0.25, -0.2) is 4.98 Å². The molecule has 2 aliphatic rings. The fourth-order valence-corrected chi connectivity index (χ4v) is 4.09. The lowest BCUT2D eigenvalue weighted by atomic mass is 10.1. The molecule has 8 heteroatoms. The average molecular weight is 423 g/mol. The first-order chi connectivity index (χ1) is 15.2. The second-order valence-electron chi connectivity index (χ2n) is 7.80. The van der Waals surface area contributed by atoms with E-state index in [1.165, 1.54) is 0 Å². The highest BCUT2D eigenvalue weighted by Crippen LogP contribution is 2.24. The minimum atomic E-state index is 0.00810. The maximum Gasteiger partial charge on any atom is 0.253 e. The zero-order chi connectivity index (χ0) is 21.6. The number of anilines is 2. The van der Waals surface area contributed by atoms with E-state index in [1.807, 2.05) is 21.9 Å². The maximum absolute atomic E-state index is 13.0. The first kappa shape index (κ1) is 21.1. The van der Waals surface area contributed by atoms with Gasteiger partial charge in [0, 0.05) is 76.2 Å². The van der Waals surface area contributed by atoms with Gasteiger partial charge in [-0.15, -0.1) is 0 Å². The quantitative estimate of drug-likeness (QED) is 0.761. The molecule has 0 spiro atoms. The molecule has 31 heavy (non-hydrogen) atoms. The standard InChI is InChI=1S/C23H30N6O2/c1-2-25-20-4-3-9-26-21(20)27-14-16-29(17-15-27)23(31)19-7-5-18(6-8-19)22(30)28-12-10-24-11-13-28/h3-9,24-25H,2,10-17H2,1H3. The lowest BCUT2D eigenvalue weighted by Gasteiger charge is -2.36. The normalized spacial score (nSPS) is 16.9. The zero-order valence-corrected chi connectivity index (χ0v) is 18.0. The second kappa shape index (κ2) is 9.78. The number of nitrogens with one attached hydrogen (secondary N) is 2.